The van der Waals surface area contributed by atoms with Crippen molar-refractivity contribution in [3.8, 4) is 0 Å². The zero-order valence-electron chi connectivity index (χ0n) is 13.6. The Kier molecular flexibility index (Phi) is 6.36. The molecule has 0 radical (unpaired) electrons. The van der Waals surface area contributed by atoms with Crippen LogP contribution in [0.15, 0.2) is 18.2 Å². The number of rotatable bonds is 6. The van der Waals surface area contributed by atoms with E-state index >= 15 is 0 Å². The standard InChI is InChI=1S/C17H27N3O2/c1-3-15-6-4-5-14(2)17(15)18-16(22)13-20-9-7-19(8-10-20)11-12-21/h4-6,21H,3,7-13H2,1-2H3,(H,18,22). The summed E-state index contributed by atoms with van der Waals surface area (Å²) in [7, 11) is 0. The number of para-hydroxylation sites is 1. The lowest BCUT2D eigenvalue weighted by atomic mass is 10.1. The number of anilines is 1. The number of nitrogens with one attached hydrogen (secondary N) is 1. The van der Waals surface area contributed by atoms with Crippen LogP contribution < -0.4 is 5.32 Å². The lowest BCUT2D eigenvalue weighted by molar-refractivity contribution is -0.117. The molecule has 1 aliphatic heterocycles. The quantitative estimate of drug-likeness (QED) is 0.826. The van der Waals surface area contributed by atoms with Gasteiger partial charge in [-0.1, -0.05) is 25.1 Å². The fourth-order valence-corrected chi connectivity index (χ4v) is 2.90. The summed E-state index contributed by atoms with van der Waals surface area (Å²) in [4.78, 5) is 16.7. The van der Waals surface area contributed by atoms with Gasteiger partial charge in [-0.3, -0.25) is 14.6 Å². The summed E-state index contributed by atoms with van der Waals surface area (Å²) in [5.74, 6) is 0.0552. The van der Waals surface area contributed by atoms with Gasteiger partial charge in [-0.15, -0.1) is 0 Å². The van der Waals surface area contributed by atoms with Gasteiger partial charge in [0.25, 0.3) is 0 Å². The third kappa shape index (κ3) is 4.53. The molecular formula is C17H27N3O2. The molecule has 2 N–H and O–H groups in total. The number of benzene rings is 1. The highest BCUT2D eigenvalue weighted by Crippen LogP contribution is 2.21. The molecule has 122 valence electrons. The van der Waals surface area contributed by atoms with E-state index in [1.165, 1.54) is 5.56 Å². The number of piperazine rings is 1. The largest absolute Gasteiger partial charge is 0.395 e. The first-order chi connectivity index (χ1) is 10.6. The van der Waals surface area contributed by atoms with Crippen LogP contribution in [0.2, 0.25) is 0 Å². The zero-order chi connectivity index (χ0) is 15.9. The summed E-state index contributed by atoms with van der Waals surface area (Å²) in [6.45, 7) is 9.08. The smallest absolute Gasteiger partial charge is 0.238 e. The third-order valence-electron chi connectivity index (χ3n) is 4.25. The minimum absolute atomic E-state index is 0.0552. The van der Waals surface area contributed by atoms with E-state index in [1.807, 2.05) is 19.1 Å². The average molecular weight is 305 g/mol. The van der Waals surface area contributed by atoms with Gasteiger partial charge < -0.3 is 10.4 Å². The molecule has 2 rings (SSSR count). The number of aliphatic hydroxyl groups is 1. The number of amides is 1. The maximum absolute atomic E-state index is 12.3. The molecular weight excluding hydrogens is 278 g/mol. The Labute approximate surface area is 132 Å². The van der Waals surface area contributed by atoms with Crippen LogP contribution in [0.4, 0.5) is 5.69 Å². The van der Waals surface area contributed by atoms with Crippen molar-refractivity contribution >= 4 is 11.6 Å². The van der Waals surface area contributed by atoms with Crippen molar-refractivity contribution in [3.63, 3.8) is 0 Å². The molecule has 0 unspecified atom stereocenters. The highest BCUT2D eigenvalue weighted by molar-refractivity contribution is 5.93. The van der Waals surface area contributed by atoms with Gasteiger partial charge in [0.05, 0.1) is 13.2 Å². The van der Waals surface area contributed by atoms with E-state index in [4.69, 9.17) is 5.11 Å². The molecule has 1 amide bonds. The number of hydrogen-bond acceptors (Lipinski definition) is 4. The molecule has 1 saturated heterocycles. The van der Waals surface area contributed by atoms with Crippen LogP contribution in [-0.2, 0) is 11.2 Å². The number of β-amino-alcohol motifs (C(OH)–C–C–N with tert-alkyl or cyclic N) is 1. The predicted octanol–water partition coefficient (Wildman–Crippen LogP) is 1.11. The molecule has 5 heteroatoms. The maximum atomic E-state index is 12.3. The molecule has 0 aromatic heterocycles. The van der Waals surface area contributed by atoms with Crippen LogP contribution in [0.25, 0.3) is 0 Å². The van der Waals surface area contributed by atoms with Crippen molar-refractivity contribution in [1.29, 1.82) is 0 Å². The number of aliphatic hydroxyl groups excluding tert-OH is 1. The van der Waals surface area contributed by atoms with E-state index in [9.17, 15) is 4.79 Å². The Morgan fingerprint density at radius 2 is 1.91 bits per heavy atom. The average Bonchev–Trinajstić information content (AvgIpc) is 2.51. The van der Waals surface area contributed by atoms with Gasteiger partial charge in [-0.25, -0.2) is 0 Å². The Balaban J connectivity index is 1.87. The van der Waals surface area contributed by atoms with Gasteiger partial charge in [0.1, 0.15) is 0 Å². The van der Waals surface area contributed by atoms with E-state index in [1.54, 1.807) is 0 Å². The molecule has 0 atom stereocenters. The second-order valence-electron chi connectivity index (χ2n) is 5.85. The first-order valence-electron chi connectivity index (χ1n) is 8.08. The van der Waals surface area contributed by atoms with Gasteiger partial charge in [-0.2, -0.15) is 0 Å². The van der Waals surface area contributed by atoms with Gasteiger partial charge in [0.15, 0.2) is 0 Å². The SMILES string of the molecule is CCc1cccc(C)c1NC(=O)CN1CCN(CCO)CC1. The molecule has 1 heterocycles. The number of aryl methyl sites for hydroxylation is 2. The van der Waals surface area contributed by atoms with Crippen molar-refractivity contribution in [2.24, 2.45) is 0 Å². The van der Waals surface area contributed by atoms with Crippen LogP contribution in [0.3, 0.4) is 0 Å². The molecule has 1 aromatic carbocycles. The fraction of sp³-hybridized carbons (Fsp3) is 0.588. The summed E-state index contributed by atoms with van der Waals surface area (Å²) in [6.07, 6.45) is 0.914. The van der Waals surface area contributed by atoms with Crippen LogP contribution >= 0.6 is 0 Å². The van der Waals surface area contributed by atoms with Gasteiger partial charge in [0.2, 0.25) is 5.91 Å². The fourth-order valence-electron chi connectivity index (χ4n) is 2.90. The monoisotopic (exact) mass is 305 g/mol. The van der Waals surface area contributed by atoms with E-state index in [0.29, 0.717) is 6.54 Å². The van der Waals surface area contributed by atoms with E-state index in [0.717, 1.165) is 50.4 Å². The minimum Gasteiger partial charge on any atom is -0.395 e. The lowest BCUT2D eigenvalue weighted by Crippen LogP contribution is -2.49. The summed E-state index contributed by atoms with van der Waals surface area (Å²) < 4.78 is 0. The van der Waals surface area contributed by atoms with E-state index in [2.05, 4.69) is 28.1 Å². The van der Waals surface area contributed by atoms with E-state index < -0.39 is 0 Å². The molecule has 0 bridgehead atoms. The van der Waals surface area contributed by atoms with Crippen molar-refractivity contribution < 1.29 is 9.90 Å². The molecule has 22 heavy (non-hydrogen) atoms. The number of carbonyl (C=O) groups excluding carboxylic acids is 1. The first kappa shape index (κ1) is 16.9. The second kappa shape index (κ2) is 8.27. The first-order valence-corrected chi connectivity index (χ1v) is 8.08. The zero-order valence-corrected chi connectivity index (χ0v) is 13.6. The molecule has 1 aromatic rings. The summed E-state index contributed by atoms with van der Waals surface area (Å²) >= 11 is 0. The molecule has 1 aliphatic rings. The second-order valence-corrected chi connectivity index (χ2v) is 5.85. The van der Waals surface area contributed by atoms with Gasteiger partial charge in [-0.05, 0) is 24.5 Å². The normalized spacial score (nSPS) is 16.7. The van der Waals surface area contributed by atoms with Crippen LogP contribution in [0.5, 0.6) is 0 Å². The summed E-state index contributed by atoms with van der Waals surface area (Å²) in [5, 5.41) is 12.0. The predicted molar refractivity (Wildman–Crippen MR) is 89.2 cm³/mol. The molecule has 5 nitrogen and oxygen atoms in total. The van der Waals surface area contributed by atoms with Crippen LogP contribution in [0.1, 0.15) is 18.1 Å². The number of carbonyl (C=O) groups is 1. The van der Waals surface area contributed by atoms with Crippen LogP contribution in [0, 0.1) is 6.92 Å². The van der Waals surface area contributed by atoms with Gasteiger partial charge in [0, 0.05) is 38.4 Å². The Morgan fingerprint density at radius 3 is 2.55 bits per heavy atom. The topological polar surface area (TPSA) is 55.8 Å². The van der Waals surface area contributed by atoms with Gasteiger partial charge >= 0.3 is 0 Å². The Bertz CT molecular complexity index is 497. The third-order valence-corrected chi connectivity index (χ3v) is 4.25. The molecule has 0 aliphatic carbocycles. The summed E-state index contributed by atoms with van der Waals surface area (Å²) in [5.41, 5.74) is 3.26. The molecule has 0 saturated carbocycles. The summed E-state index contributed by atoms with van der Waals surface area (Å²) in [6, 6.07) is 6.13. The number of nitrogens with zero attached hydrogens (tertiary/aromatic N) is 2. The van der Waals surface area contributed by atoms with E-state index in [-0.39, 0.29) is 12.5 Å². The van der Waals surface area contributed by atoms with Crippen molar-refractivity contribution in [2.75, 3.05) is 51.2 Å². The Morgan fingerprint density at radius 1 is 1.23 bits per heavy atom. The van der Waals surface area contributed by atoms with Crippen molar-refractivity contribution in [2.45, 2.75) is 20.3 Å². The molecule has 0 spiro atoms. The number of hydrogen-bond donors (Lipinski definition) is 2. The van der Waals surface area contributed by atoms with Crippen molar-refractivity contribution in [1.82, 2.24) is 9.80 Å². The highest BCUT2D eigenvalue weighted by atomic mass is 16.3. The minimum atomic E-state index is 0.0552. The van der Waals surface area contributed by atoms with Crippen molar-refractivity contribution in [3.05, 3.63) is 29.3 Å². The lowest BCUT2D eigenvalue weighted by Gasteiger charge is -2.33. The maximum Gasteiger partial charge on any atom is 0.238 e. The Hall–Kier alpha value is -1.43. The molecule has 1 fully saturated rings. The highest BCUT2D eigenvalue weighted by Gasteiger charge is 2.19. The van der Waals surface area contributed by atoms with Crippen LogP contribution in [-0.4, -0.2) is 66.7 Å².